The average Bonchev–Trinajstić information content (AvgIpc) is 2.39. The number of nitrogens with one attached hydrogen (secondary N) is 1. The summed E-state index contributed by atoms with van der Waals surface area (Å²) in [5.41, 5.74) is 0. The van der Waals surface area contributed by atoms with Crippen molar-refractivity contribution >= 4 is 5.91 Å². The Hall–Kier alpha value is -0.610. The zero-order chi connectivity index (χ0) is 12.3. The van der Waals surface area contributed by atoms with Gasteiger partial charge < -0.3 is 15.3 Å². The highest BCUT2D eigenvalue weighted by Crippen LogP contribution is 2.22. The fourth-order valence-corrected chi connectivity index (χ4v) is 3.00. The smallest absolute Gasteiger partial charge is 0.240 e. The predicted molar refractivity (Wildman–Crippen MR) is 66.7 cm³/mol. The van der Waals surface area contributed by atoms with Crippen LogP contribution in [0.15, 0.2) is 0 Å². The maximum atomic E-state index is 12.4. The second-order valence-electron chi connectivity index (χ2n) is 5.34. The van der Waals surface area contributed by atoms with E-state index >= 15 is 0 Å². The molecule has 2 rings (SSSR count). The number of carbonyl (C=O) groups is 1. The fraction of sp³-hybridized carbons (Fsp3) is 0.923. The molecule has 0 aromatic carbocycles. The Balaban J connectivity index is 1.99. The van der Waals surface area contributed by atoms with Gasteiger partial charge in [-0.1, -0.05) is 6.42 Å². The number of aliphatic hydroxyl groups is 1. The van der Waals surface area contributed by atoms with E-state index in [9.17, 15) is 9.90 Å². The lowest BCUT2D eigenvalue weighted by Gasteiger charge is -2.40. The van der Waals surface area contributed by atoms with Crippen LogP contribution in [-0.4, -0.2) is 47.2 Å². The SMILES string of the molecule is C[C@H](O)[C@@H]1CCCCN1C(=O)[C@@H]1CCCCN1. The summed E-state index contributed by atoms with van der Waals surface area (Å²) in [5, 5.41) is 13.1. The van der Waals surface area contributed by atoms with Crippen molar-refractivity contribution in [1.82, 2.24) is 10.2 Å². The first-order chi connectivity index (χ1) is 8.20. The largest absolute Gasteiger partial charge is 0.391 e. The molecule has 0 spiro atoms. The molecule has 2 fully saturated rings. The summed E-state index contributed by atoms with van der Waals surface area (Å²) in [6, 6.07) is 0.0167. The number of rotatable bonds is 2. The van der Waals surface area contributed by atoms with Crippen LogP contribution in [0.1, 0.15) is 45.4 Å². The average molecular weight is 240 g/mol. The molecule has 2 aliphatic heterocycles. The summed E-state index contributed by atoms with van der Waals surface area (Å²) >= 11 is 0. The number of hydrogen-bond donors (Lipinski definition) is 2. The van der Waals surface area contributed by atoms with Gasteiger partial charge >= 0.3 is 0 Å². The van der Waals surface area contributed by atoms with E-state index in [0.717, 1.165) is 45.2 Å². The van der Waals surface area contributed by atoms with Gasteiger partial charge in [0.1, 0.15) is 0 Å². The number of piperidine rings is 2. The van der Waals surface area contributed by atoms with Gasteiger partial charge in [0.15, 0.2) is 0 Å². The third-order valence-corrected chi connectivity index (χ3v) is 4.00. The highest BCUT2D eigenvalue weighted by atomic mass is 16.3. The van der Waals surface area contributed by atoms with Crippen molar-refractivity contribution < 1.29 is 9.90 Å². The number of hydrogen-bond acceptors (Lipinski definition) is 3. The number of likely N-dealkylation sites (tertiary alicyclic amines) is 1. The van der Waals surface area contributed by atoms with Gasteiger partial charge in [-0.3, -0.25) is 4.79 Å². The van der Waals surface area contributed by atoms with Gasteiger partial charge in [-0.25, -0.2) is 0 Å². The maximum absolute atomic E-state index is 12.4. The van der Waals surface area contributed by atoms with Crippen molar-refractivity contribution in [2.24, 2.45) is 0 Å². The molecular formula is C13H24N2O2. The van der Waals surface area contributed by atoms with Crippen LogP contribution in [0.25, 0.3) is 0 Å². The lowest BCUT2D eigenvalue weighted by atomic mass is 9.95. The molecule has 0 saturated carbocycles. The first kappa shape index (κ1) is 12.8. The molecule has 98 valence electrons. The minimum Gasteiger partial charge on any atom is -0.391 e. The third kappa shape index (κ3) is 2.99. The number of amides is 1. The van der Waals surface area contributed by atoms with Gasteiger partial charge in [0.25, 0.3) is 0 Å². The van der Waals surface area contributed by atoms with Crippen LogP contribution in [0.3, 0.4) is 0 Å². The Kier molecular flexibility index (Phi) is 4.40. The molecule has 2 saturated heterocycles. The van der Waals surface area contributed by atoms with E-state index < -0.39 is 6.10 Å². The van der Waals surface area contributed by atoms with Crippen LogP contribution in [0, 0.1) is 0 Å². The van der Waals surface area contributed by atoms with Crippen molar-refractivity contribution in [2.45, 2.75) is 63.6 Å². The minimum atomic E-state index is -0.414. The molecule has 0 radical (unpaired) electrons. The van der Waals surface area contributed by atoms with Crippen LogP contribution in [0.4, 0.5) is 0 Å². The molecule has 4 nitrogen and oxygen atoms in total. The van der Waals surface area contributed by atoms with E-state index in [1.165, 1.54) is 6.42 Å². The molecule has 0 unspecified atom stereocenters. The molecule has 3 atom stereocenters. The molecule has 0 aromatic rings. The second-order valence-corrected chi connectivity index (χ2v) is 5.34. The van der Waals surface area contributed by atoms with E-state index in [1.807, 2.05) is 4.90 Å². The van der Waals surface area contributed by atoms with Gasteiger partial charge in [0.2, 0.25) is 5.91 Å². The van der Waals surface area contributed by atoms with Crippen LogP contribution >= 0.6 is 0 Å². The number of carbonyl (C=O) groups excluding carboxylic acids is 1. The number of nitrogens with zero attached hydrogens (tertiary/aromatic N) is 1. The van der Waals surface area contributed by atoms with Crippen molar-refractivity contribution in [3.63, 3.8) is 0 Å². The molecule has 2 aliphatic rings. The molecule has 4 heteroatoms. The van der Waals surface area contributed by atoms with Crippen LogP contribution in [0.5, 0.6) is 0 Å². The quantitative estimate of drug-likeness (QED) is 0.753. The molecule has 0 aliphatic carbocycles. The summed E-state index contributed by atoms with van der Waals surface area (Å²) in [6.07, 6.45) is 5.97. The van der Waals surface area contributed by atoms with Gasteiger partial charge in [0, 0.05) is 6.54 Å². The van der Waals surface area contributed by atoms with E-state index in [0.29, 0.717) is 0 Å². The highest BCUT2D eigenvalue weighted by molar-refractivity contribution is 5.82. The second kappa shape index (κ2) is 5.83. The highest BCUT2D eigenvalue weighted by Gasteiger charge is 2.33. The normalized spacial score (nSPS) is 32.2. The molecular weight excluding hydrogens is 216 g/mol. The lowest BCUT2D eigenvalue weighted by Crippen LogP contribution is -2.56. The first-order valence-electron chi connectivity index (χ1n) is 6.92. The Labute approximate surface area is 103 Å². The third-order valence-electron chi connectivity index (χ3n) is 4.00. The summed E-state index contributed by atoms with van der Waals surface area (Å²) in [7, 11) is 0. The zero-order valence-corrected chi connectivity index (χ0v) is 10.7. The molecule has 2 N–H and O–H groups in total. The van der Waals surface area contributed by atoms with Crippen molar-refractivity contribution in [2.75, 3.05) is 13.1 Å². The Bertz CT molecular complexity index is 262. The van der Waals surface area contributed by atoms with Gasteiger partial charge in [-0.05, 0) is 45.6 Å². The Morgan fingerprint density at radius 1 is 1.29 bits per heavy atom. The fourth-order valence-electron chi connectivity index (χ4n) is 3.00. The molecule has 17 heavy (non-hydrogen) atoms. The molecule has 2 heterocycles. The van der Waals surface area contributed by atoms with E-state index in [1.54, 1.807) is 6.92 Å². The van der Waals surface area contributed by atoms with Gasteiger partial charge in [0.05, 0.1) is 18.2 Å². The van der Waals surface area contributed by atoms with E-state index in [2.05, 4.69) is 5.32 Å². The molecule has 0 aromatic heterocycles. The van der Waals surface area contributed by atoms with Crippen LogP contribution in [0.2, 0.25) is 0 Å². The van der Waals surface area contributed by atoms with Crippen LogP contribution in [-0.2, 0) is 4.79 Å². The zero-order valence-electron chi connectivity index (χ0n) is 10.7. The van der Waals surface area contributed by atoms with Gasteiger partial charge in [-0.2, -0.15) is 0 Å². The van der Waals surface area contributed by atoms with Crippen LogP contribution < -0.4 is 5.32 Å². The van der Waals surface area contributed by atoms with E-state index in [4.69, 9.17) is 0 Å². The first-order valence-corrected chi connectivity index (χ1v) is 6.92. The predicted octanol–water partition coefficient (Wildman–Crippen LogP) is 0.890. The summed E-state index contributed by atoms with van der Waals surface area (Å²) in [4.78, 5) is 14.3. The summed E-state index contributed by atoms with van der Waals surface area (Å²) < 4.78 is 0. The molecule has 1 amide bonds. The van der Waals surface area contributed by atoms with Crippen molar-refractivity contribution in [3.05, 3.63) is 0 Å². The van der Waals surface area contributed by atoms with Crippen molar-refractivity contribution in [3.8, 4) is 0 Å². The van der Waals surface area contributed by atoms with Crippen molar-refractivity contribution in [1.29, 1.82) is 0 Å². The maximum Gasteiger partial charge on any atom is 0.240 e. The summed E-state index contributed by atoms with van der Waals surface area (Å²) in [6.45, 7) is 3.56. The topological polar surface area (TPSA) is 52.6 Å². The minimum absolute atomic E-state index is 0.0110. The molecule has 0 bridgehead atoms. The Morgan fingerprint density at radius 2 is 2.06 bits per heavy atom. The summed E-state index contributed by atoms with van der Waals surface area (Å²) in [5.74, 6) is 0.204. The number of aliphatic hydroxyl groups excluding tert-OH is 1. The standard InChI is InChI=1S/C13H24N2O2/c1-10(16)12-7-3-5-9-15(12)13(17)11-6-2-4-8-14-11/h10-12,14,16H,2-9H2,1H3/t10-,11-,12-/m0/s1. The Morgan fingerprint density at radius 3 is 2.71 bits per heavy atom. The van der Waals surface area contributed by atoms with Gasteiger partial charge in [-0.15, -0.1) is 0 Å². The van der Waals surface area contributed by atoms with E-state index in [-0.39, 0.29) is 18.0 Å². The monoisotopic (exact) mass is 240 g/mol. The lowest BCUT2D eigenvalue weighted by molar-refractivity contribution is -0.140.